The Morgan fingerprint density at radius 3 is 2.64 bits per heavy atom. The van der Waals surface area contributed by atoms with Crippen LogP contribution >= 0.6 is 11.6 Å². The van der Waals surface area contributed by atoms with E-state index in [2.05, 4.69) is 22.2 Å². The van der Waals surface area contributed by atoms with Gasteiger partial charge in [0.1, 0.15) is 0 Å². The first-order chi connectivity index (χ1) is 11.9. The van der Waals surface area contributed by atoms with Gasteiger partial charge in [-0.1, -0.05) is 29.8 Å². The highest BCUT2D eigenvalue weighted by Crippen LogP contribution is 2.36. The highest BCUT2D eigenvalue weighted by atomic mass is 35.5. The van der Waals surface area contributed by atoms with Crippen molar-refractivity contribution >= 4 is 23.2 Å². The molecular formula is C19H25ClN4O. The Morgan fingerprint density at radius 2 is 2.08 bits per heavy atom. The summed E-state index contributed by atoms with van der Waals surface area (Å²) in [5.41, 5.74) is 3.68. The maximum Gasteiger partial charge on any atom is 0.238 e. The van der Waals surface area contributed by atoms with Gasteiger partial charge in [-0.15, -0.1) is 0 Å². The third-order valence-corrected chi connectivity index (χ3v) is 5.31. The monoisotopic (exact) mass is 360 g/mol. The lowest BCUT2D eigenvalue weighted by atomic mass is 10.1. The summed E-state index contributed by atoms with van der Waals surface area (Å²) in [6.07, 6.45) is 2.26. The summed E-state index contributed by atoms with van der Waals surface area (Å²) >= 11 is 6.36. The van der Waals surface area contributed by atoms with Crippen molar-refractivity contribution in [3.05, 3.63) is 46.2 Å². The van der Waals surface area contributed by atoms with Gasteiger partial charge in [-0.2, -0.15) is 5.10 Å². The summed E-state index contributed by atoms with van der Waals surface area (Å²) < 4.78 is 1.79. The first kappa shape index (κ1) is 18.0. The Labute approximate surface area is 154 Å². The summed E-state index contributed by atoms with van der Waals surface area (Å²) in [5.74, 6) is -0.00926. The number of amides is 1. The lowest BCUT2D eigenvalue weighted by Crippen LogP contribution is -2.37. The summed E-state index contributed by atoms with van der Waals surface area (Å²) in [5, 5.41) is 8.14. The van der Waals surface area contributed by atoms with Crippen LogP contribution in [0.4, 0.5) is 5.69 Å². The average molecular weight is 361 g/mol. The molecule has 1 N–H and O–H groups in total. The van der Waals surface area contributed by atoms with E-state index in [-0.39, 0.29) is 11.9 Å². The van der Waals surface area contributed by atoms with Gasteiger partial charge in [0.25, 0.3) is 0 Å². The number of nitrogens with one attached hydrogen (secondary N) is 1. The van der Waals surface area contributed by atoms with Gasteiger partial charge in [-0.05, 0) is 45.2 Å². The second-order valence-corrected chi connectivity index (χ2v) is 7.23. The van der Waals surface area contributed by atoms with E-state index in [9.17, 15) is 4.79 Å². The van der Waals surface area contributed by atoms with Crippen molar-refractivity contribution < 1.29 is 4.79 Å². The first-order valence-electron chi connectivity index (χ1n) is 8.68. The van der Waals surface area contributed by atoms with Crippen LogP contribution in [0.3, 0.4) is 0 Å². The van der Waals surface area contributed by atoms with Crippen molar-refractivity contribution in [2.75, 3.05) is 11.9 Å². The number of aryl methyl sites for hydroxylation is 2. The molecule has 1 aliphatic carbocycles. The maximum atomic E-state index is 12.7. The zero-order valence-electron chi connectivity index (χ0n) is 15.2. The Morgan fingerprint density at radius 1 is 1.40 bits per heavy atom. The predicted octanol–water partition coefficient (Wildman–Crippen LogP) is 3.85. The number of aromatic nitrogens is 2. The van der Waals surface area contributed by atoms with E-state index in [0.29, 0.717) is 12.6 Å². The molecule has 1 fully saturated rings. The molecule has 0 saturated heterocycles. The zero-order valence-corrected chi connectivity index (χ0v) is 16.0. The maximum absolute atomic E-state index is 12.7. The van der Waals surface area contributed by atoms with Crippen molar-refractivity contribution in [1.29, 1.82) is 0 Å². The molecule has 5 nitrogen and oxygen atoms in total. The van der Waals surface area contributed by atoms with Crippen LogP contribution in [0.1, 0.15) is 42.8 Å². The van der Waals surface area contributed by atoms with E-state index in [1.165, 1.54) is 0 Å². The fraction of sp³-hybridized carbons (Fsp3) is 0.474. The highest BCUT2D eigenvalue weighted by molar-refractivity contribution is 6.31. The molecule has 25 heavy (non-hydrogen) atoms. The first-order valence-corrected chi connectivity index (χ1v) is 9.06. The van der Waals surface area contributed by atoms with Crippen LogP contribution in [-0.2, 0) is 11.8 Å². The molecule has 6 heteroatoms. The van der Waals surface area contributed by atoms with Gasteiger partial charge in [-0.25, -0.2) is 0 Å². The second kappa shape index (κ2) is 7.18. The molecule has 1 amide bonds. The molecule has 2 aromatic rings. The molecule has 1 aromatic carbocycles. The smallest absolute Gasteiger partial charge is 0.238 e. The number of anilines is 1. The van der Waals surface area contributed by atoms with Gasteiger partial charge < -0.3 is 5.32 Å². The van der Waals surface area contributed by atoms with Crippen LogP contribution in [0.25, 0.3) is 0 Å². The molecule has 1 unspecified atom stereocenters. The Hall–Kier alpha value is -1.85. The minimum atomic E-state index is -0.00926. The summed E-state index contributed by atoms with van der Waals surface area (Å²) in [4.78, 5) is 14.9. The highest BCUT2D eigenvalue weighted by Gasteiger charge is 2.34. The molecule has 0 bridgehead atoms. The summed E-state index contributed by atoms with van der Waals surface area (Å²) in [6.45, 7) is 6.34. The third kappa shape index (κ3) is 3.88. The van der Waals surface area contributed by atoms with Crippen LogP contribution in [0, 0.1) is 13.8 Å². The molecular weight excluding hydrogens is 336 g/mol. The number of carbonyl (C=O) groups is 1. The lowest BCUT2D eigenvalue weighted by molar-refractivity contribution is -0.118. The van der Waals surface area contributed by atoms with Crippen molar-refractivity contribution in [2.24, 2.45) is 7.05 Å². The van der Waals surface area contributed by atoms with Crippen LogP contribution in [0.5, 0.6) is 0 Å². The van der Waals surface area contributed by atoms with Crippen molar-refractivity contribution in [3.8, 4) is 0 Å². The number of rotatable bonds is 6. The molecule has 3 rings (SSSR count). The van der Waals surface area contributed by atoms with Crippen LogP contribution < -0.4 is 5.32 Å². The van der Waals surface area contributed by atoms with Gasteiger partial charge in [0.05, 0.1) is 23.6 Å². The van der Waals surface area contributed by atoms with Gasteiger partial charge in [0, 0.05) is 24.2 Å². The summed E-state index contributed by atoms with van der Waals surface area (Å²) in [7, 11) is 1.88. The van der Waals surface area contributed by atoms with Crippen molar-refractivity contribution in [2.45, 2.75) is 45.7 Å². The van der Waals surface area contributed by atoms with E-state index in [1.54, 1.807) is 4.68 Å². The van der Waals surface area contributed by atoms with Gasteiger partial charge in [0.2, 0.25) is 5.91 Å². The van der Waals surface area contributed by atoms with Crippen molar-refractivity contribution in [3.63, 3.8) is 0 Å². The van der Waals surface area contributed by atoms with E-state index < -0.39 is 0 Å². The number of benzene rings is 1. The van der Waals surface area contributed by atoms with E-state index in [0.717, 1.165) is 40.5 Å². The molecule has 1 aliphatic rings. The predicted molar refractivity (Wildman–Crippen MR) is 101 cm³/mol. The van der Waals surface area contributed by atoms with Gasteiger partial charge >= 0.3 is 0 Å². The molecule has 0 radical (unpaired) electrons. The Bertz CT molecular complexity index is 782. The Kier molecular flexibility index (Phi) is 5.16. The number of halogens is 1. The second-order valence-electron chi connectivity index (χ2n) is 6.82. The normalized spacial score (nSPS) is 15.4. The molecule has 1 atom stereocenters. The number of carbonyl (C=O) groups excluding carboxylic acids is 1. The fourth-order valence-electron chi connectivity index (χ4n) is 3.28. The lowest BCUT2D eigenvalue weighted by Gasteiger charge is -2.29. The minimum absolute atomic E-state index is 0.00926. The van der Waals surface area contributed by atoms with Crippen LogP contribution in [0.2, 0.25) is 5.02 Å². The standard InChI is InChI=1S/C19H25ClN4O/c1-12-19(14(3)23(4)22-12)21-18(25)11-24(15-9-10-15)13(2)16-7-5-6-8-17(16)20/h5-8,13,15H,9-11H2,1-4H3,(H,21,25). The molecule has 1 heterocycles. The number of hydrogen-bond donors (Lipinski definition) is 1. The number of nitrogens with zero attached hydrogens (tertiary/aromatic N) is 3. The number of hydrogen-bond acceptors (Lipinski definition) is 3. The fourth-order valence-corrected chi connectivity index (χ4v) is 3.57. The van der Waals surface area contributed by atoms with Crippen LogP contribution in [0.15, 0.2) is 24.3 Å². The molecule has 0 spiro atoms. The van der Waals surface area contributed by atoms with E-state index in [4.69, 9.17) is 11.6 Å². The molecule has 1 aromatic heterocycles. The molecule has 134 valence electrons. The average Bonchev–Trinajstić information content (AvgIpc) is 3.38. The molecule has 1 saturated carbocycles. The van der Waals surface area contributed by atoms with Crippen molar-refractivity contribution in [1.82, 2.24) is 14.7 Å². The molecule has 0 aliphatic heterocycles. The topological polar surface area (TPSA) is 50.2 Å². The minimum Gasteiger partial charge on any atom is -0.322 e. The third-order valence-electron chi connectivity index (χ3n) is 4.97. The van der Waals surface area contributed by atoms with E-state index >= 15 is 0 Å². The van der Waals surface area contributed by atoms with E-state index in [1.807, 2.05) is 45.2 Å². The van der Waals surface area contributed by atoms with Gasteiger partial charge in [-0.3, -0.25) is 14.4 Å². The quantitative estimate of drug-likeness (QED) is 0.851. The SMILES string of the molecule is Cc1nn(C)c(C)c1NC(=O)CN(C1CC1)C(C)c1ccccc1Cl. The van der Waals surface area contributed by atoms with Crippen LogP contribution in [-0.4, -0.2) is 33.2 Å². The Balaban J connectivity index is 1.74. The van der Waals surface area contributed by atoms with Gasteiger partial charge in [0.15, 0.2) is 0 Å². The largest absolute Gasteiger partial charge is 0.322 e. The zero-order chi connectivity index (χ0) is 18.1. The summed E-state index contributed by atoms with van der Waals surface area (Å²) in [6, 6.07) is 8.42.